The summed E-state index contributed by atoms with van der Waals surface area (Å²) in [4.78, 5) is 24.2. The van der Waals surface area contributed by atoms with Gasteiger partial charge in [-0.25, -0.2) is 26.3 Å². The Kier molecular flexibility index (Phi) is 6.05. The monoisotopic (exact) mass is 491 g/mol. The Bertz CT molecular complexity index is 1290. The van der Waals surface area contributed by atoms with Gasteiger partial charge in [-0.2, -0.15) is 0 Å². The van der Waals surface area contributed by atoms with Gasteiger partial charge in [0, 0.05) is 0 Å². The third-order valence-electron chi connectivity index (χ3n) is 4.28. The van der Waals surface area contributed by atoms with Crippen molar-refractivity contribution in [1.29, 1.82) is 0 Å². The number of carbonyl (C=O) groups is 2. The van der Waals surface area contributed by atoms with Crippen LogP contribution in [0.3, 0.4) is 0 Å². The Balaban J connectivity index is 1.95. The second kappa shape index (κ2) is 9.94. The zero-order valence-electron chi connectivity index (χ0n) is 19.1. The first-order chi connectivity index (χ1) is 16.8. The van der Waals surface area contributed by atoms with Gasteiger partial charge >= 0.3 is 0 Å². The molecule has 0 unspecified atom stereocenters. The fourth-order valence-corrected chi connectivity index (χ4v) is 3.61. The topological polar surface area (TPSA) is 67.4 Å². The molecule has 12 heteroatoms. The minimum atomic E-state index is -2.91. The van der Waals surface area contributed by atoms with Crippen LogP contribution in [0.25, 0.3) is 11.1 Å². The van der Waals surface area contributed by atoms with Crippen LogP contribution in [-0.2, 0) is 0 Å². The quantitative estimate of drug-likeness (QED) is 0.352. The molecule has 0 spiro atoms. The van der Waals surface area contributed by atoms with Crippen molar-refractivity contribution in [2.75, 3.05) is 18.9 Å². The van der Waals surface area contributed by atoms with Crippen molar-refractivity contribution < 1.29 is 44.8 Å². The summed E-state index contributed by atoms with van der Waals surface area (Å²) < 4.78 is 110. The van der Waals surface area contributed by atoms with Crippen molar-refractivity contribution in [3.05, 3.63) is 69.4 Å². The van der Waals surface area contributed by atoms with Gasteiger partial charge in [-0.05, 0) is 29.1 Å². The molecular weight excluding hydrogens is 474 g/mol. The molecule has 0 atom stereocenters. The summed E-state index contributed by atoms with van der Waals surface area (Å²) in [7, 11) is -2.91. The summed E-state index contributed by atoms with van der Waals surface area (Å²) in [5.41, 5.74) is -3.64. The number of amides is 2. The highest BCUT2D eigenvalue weighted by atomic mass is 32.1. The molecule has 0 fully saturated rings. The van der Waals surface area contributed by atoms with Crippen molar-refractivity contribution in [1.82, 2.24) is 5.32 Å². The van der Waals surface area contributed by atoms with E-state index in [0.717, 1.165) is 30.3 Å². The Hall–Kier alpha value is -3.54. The average molecular weight is 491 g/mol. The molecule has 0 radical (unpaired) electrons. The smallest absolute Gasteiger partial charge is 0.262 e. The predicted molar refractivity (Wildman–Crippen MR) is 109 cm³/mol. The minimum absolute atomic E-state index is 0.361. The van der Waals surface area contributed by atoms with Crippen molar-refractivity contribution >= 4 is 28.8 Å². The number of nitrogens with one attached hydrogen (secondary N) is 2. The number of hydrogen-bond acceptors (Lipinski definition) is 4. The SMILES string of the molecule is [2H]C([2H])([2H])Oc1cccc(-c2c(F)c(F)c(NC(=O)c3ccsc3C(=O)NCC(F)F)c(F)c2F)c1. The van der Waals surface area contributed by atoms with E-state index in [1.54, 1.807) is 5.32 Å². The summed E-state index contributed by atoms with van der Waals surface area (Å²) >= 11 is 0.662. The van der Waals surface area contributed by atoms with Crippen molar-refractivity contribution in [2.45, 2.75) is 6.43 Å². The van der Waals surface area contributed by atoms with Crippen molar-refractivity contribution in [3.63, 3.8) is 0 Å². The van der Waals surface area contributed by atoms with E-state index in [1.165, 1.54) is 5.38 Å². The van der Waals surface area contributed by atoms with E-state index < -0.39 is 77.5 Å². The van der Waals surface area contributed by atoms with Crippen LogP contribution in [0.5, 0.6) is 5.75 Å². The fraction of sp³-hybridized carbons (Fsp3) is 0.143. The fourth-order valence-electron chi connectivity index (χ4n) is 2.80. The van der Waals surface area contributed by atoms with Gasteiger partial charge in [-0.15, -0.1) is 11.3 Å². The lowest BCUT2D eigenvalue weighted by Gasteiger charge is -2.14. The van der Waals surface area contributed by atoms with Gasteiger partial charge in [0.15, 0.2) is 23.3 Å². The summed E-state index contributed by atoms with van der Waals surface area (Å²) in [6, 6.07) is 5.22. The zero-order chi connectivity index (χ0) is 26.8. The third kappa shape index (κ3) is 4.95. The molecule has 174 valence electrons. The Labute approximate surface area is 191 Å². The molecule has 2 aromatic carbocycles. The lowest BCUT2D eigenvalue weighted by atomic mass is 10.0. The van der Waals surface area contributed by atoms with E-state index in [2.05, 4.69) is 4.74 Å². The highest BCUT2D eigenvalue weighted by molar-refractivity contribution is 7.12. The Morgan fingerprint density at radius 1 is 1.06 bits per heavy atom. The Morgan fingerprint density at radius 2 is 1.76 bits per heavy atom. The molecule has 0 saturated carbocycles. The molecule has 2 N–H and O–H groups in total. The molecule has 0 aliphatic heterocycles. The molecule has 0 saturated heterocycles. The number of thiophene rings is 1. The molecule has 3 aromatic rings. The van der Waals surface area contributed by atoms with E-state index in [0.29, 0.717) is 11.3 Å². The van der Waals surface area contributed by atoms with Crippen LogP contribution in [0.1, 0.15) is 24.1 Å². The molecule has 33 heavy (non-hydrogen) atoms. The van der Waals surface area contributed by atoms with Gasteiger partial charge in [-0.1, -0.05) is 12.1 Å². The molecule has 1 aromatic heterocycles. The number of halogens is 6. The second-order valence-electron chi connectivity index (χ2n) is 6.35. The molecular formula is C21H14F6N2O3S. The summed E-state index contributed by atoms with van der Waals surface area (Å²) in [5.74, 6) is -10.6. The van der Waals surface area contributed by atoms with Crippen molar-refractivity contribution in [2.24, 2.45) is 0 Å². The van der Waals surface area contributed by atoms with Crippen LogP contribution in [0, 0.1) is 23.3 Å². The molecule has 3 rings (SSSR count). The van der Waals surface area contributed by atoms with Crippen LogP contribution in [0.4, 0.5) is 32.0 Å². The van der Waals surface area contributed by atoms with Gasteiger partial charge in [0.25, 0.3) is 18.2 Å². The maximum Gasteiger partial charge on any atom is 0.262 e. The normalized spacial score (nSPS) is 12.6. The van der Waals surface area contributed by atoms with Crippen LogP contribution in [0.15, 0.2) is 35.7 Å². The van der Waals surface area contributed by atoms with E-state index in [9.17, 15) is 35.9 Å². The van der Waals surface area contributed by atoms with Crippen LogP contribution >= 0.6 is 11.3 Å². The van der Waals surface area contributed by atoms with Crippen molar-refractivity contribution in [3.8, 4) is 16.9 Å². The highest BCUT2D eigenvalue weighted by Gasteiger charge is 2.29. The molecule has 1 heterocycles. The number of rotatable bonds is 7. The first-order valence-electron chi connectivity index (χ1n) is 10.4. The standard InChI is InChI=1S/C21H14F6N2O3S/c1-32-10-4-2-3-9(7-10)13-14(24)16(26)18(17(27)15(13)25)29-20(30)11-5-6-33-19(11)21(31)28-8-12(22)23/h2-7,12H,8H2,1H3,(H,28,31)(H,29,30)/i1D3. The number of benzene rings is 2. The zero-order valence-corrected chi connectivity index (χ0v) is 17.0. The van der Waals surface area contributed by atoms with Gasteiger partial charge in [0.05, 0.1) is 28.8 Å². The number of ether oxygens (including phenoxy) is 1. The second-order valence-corrected chi connectivity index (χ2v) is 7.27. The predicted octanol–water partition coefficient (Wildman–Crippen LogP) is 5.23. The van der Waals surface area contributed by atoms with E-state index >= 15 is 0 Å². The molecule has 0 bridgehead atoms. The molecule has 0 aliphatic carbocycles. The van der Waals surface area contributed by atoms with Gasteiger partial charge < -0.3 is 15.4 Å². The number of alkyl halides is 2. The Morgan fingerprint density at radius 3 is 2.39 bits per heavy atom. The first kappa shape index (κ1) is 20.1. The first-order valence-corrected chi connectivity index (χ1v) is 9.78. The number of anilines is 1. The molecule has 2 amide bonds. The molecule has 0 aliphatic rings. The lowest BCUT2D eigenvalue weighted by Crippen LogP contribution is -2.29. The van der Waals surface area contributed by atoms with Gasteiger partial charge in [0.2, 0.25) is 0 Å². The van der Waals surface area contributed by atoms with Gasteiger partial charge in [0.1, 0.15) is 16.3 Å². The minimum Gasteiger partial charge on any atom is -0.497 e. The third-order valence-corrected chi connectivity index (χ3v) is 5.19. The number of carbonyl (C=O) groups excluding carboxylic acids is 2. The maximum absolute atomic E-state index is 14.8. The van der Waals surface area contributed by atoms with Gasteiger partial charge in [-0.3, -0.25) is 9.59 Å². The summed E-state index contributed by atoms with van der Waals surface area (Å²) in [6.45, 7) is -1.02. The highest BCUT2D eigenvalue weighted by Crippen LogP contribution is 2.36. The number of hydrogen-bond donors (Lipinski definition) is 2. The maximum atomic E-state index is 14.8. The molecule has 5 nitrogen and oxygen atoms in total. The lowest BCUT2D eigenvalue weighted by molar-refractivity contribution is 0.0889. The summed E-state index contributed by atoms with van der Waals surface area (Å²) in [5, 5.41) is 4.73. The summed E-state index contributed by atoms with van der Waals surface area (Å²) in [6.07, 6.45) is -2.88. The van der Waals surface area contributed by atoms with E-state index in [4.69, 9.17) is 4.11 Å². The van der Waals surface area contributed by atoms with Crippen LogP contribution in [0.2, 0.25) is 0 Å². The largest absolute Gasteiger partial charge is 0.497 e. The average Bonchev–Trinajstić information content (AvgIpc) is 3.28. The van der Waals surface area contributed by atoms with Crippen LogP contribution < -0.4 is 15.4 Å². The van der Waals surface area contributed by atoms with E-state index in [-0.39, 0.29) is 10.6 Å². The van der Waals surface area contributed by atoms with E-state index in [1.807, 2.05) is 5.32 Å². The number of methoxy groups -OCH3 is 1. The van der Waals surface area contributed by atoms with Crippen LogP contribution in [-0.4, -0.2) is 31.8 Å².